The summed E-state index contributed by atoms with van der Waals surface area (Å²) in [6, 6.07) is 10.2. The molecule has 0 bridgehead atoms. The van der Waals surface area contributed by atoms with Crippen molar-refractivity contribution in [3.8, 4) is 17.5 Å². The Labute approximate surface area is 144 Å². The highest BCUT2D eigenvalue weighted by atomic mass is 32.2. The van der Waals surface area contributed by atoms with Crippen LogP contribution in [0.25, 0.3) is 11.5 Å². The Morgan fingerprint density at radius 1 is 1.00 bits per heavy atom. The highest BCUT2D eigenvalue weighted by molar-refractivity contribution is 7.99. The summed E-state index contributed by atoms with van der Waals surface area (Å²) < 4.78 is 5.77. The summed E-state index contributed by atoms with van der Waals surface area (Å²) in [6.45, 7) is 7.78. The maximum atomic E-state index is 9.34. The van der Waals surface area contributed by atoms with Gasteiger partial charge in [0.1, 0.15) is 6.07 Å². The van der Waals surface area contributed by atoms with Gasteiger partial charge in [0.25, 0.3) is 5.22 Å². The first-order valence-corrected chi connectivity index (χ1v) is 8.26. The van der Waals surface area contributed by atoms with Crippen LogP contribution in [-0.2, 0) is 0 Å². The highest BCUT2D eigenvalue weighted by Crippen LogP contribution is 2.32. The van der Waals surface area contributed by atoms with Gasteiger partial charge in [-0.3, -0.25) is 4.98 Å². The summed E-state index contributed by atoms with van der Waals surface area (Å²) in [5.41, 5.74) is 5.28. The highest BCUT2D eigenvalue weighted by Gasteiger charge is 2.15. The lowest BCUT2D eigenvalue weighted by Gasteiger charge is -2.04. The molecule has 120 valence electrons. The predicted octanol–water partition coefficient (Wildman–Crippen LogP) is 4.39. The number of rotatable bonds is 3. The predicted molar refractivity (Wildman–Crippen MR) is 91.8 cm³/mol. The van der Waals surface area contributed by atoms with Crippen LogP contribution in [0.15, 0.2) is 38.8 Å². The van der Waals surface area contributed by atoms with E-state index in [1.807, 2.05) is 45.9 Å². The number of nitrogens with zero attached hydrogens (tertiary/aromatic N) is 4. The number of aromatic nitrogens is 3. The summed E-state index contributed by atoms with van der Waals surface area (Å²) in [5.74, 6) is 0.477. The van der Waals surface area contributed by atoms with Gasteiger partial charge in [-0.1, -0.05) is 17.2 Å². The number of aryl methyl sites for hydroxylation is 4. The first-order chi connectivity index (χ1) is 11.5. The molecule has 0 aliphatic carbocycles. The lowest BCUT2D eigenvalue weighted by atomic mass is 10.1. The Morgan fingerprint density at radius 3 is 2.38 bits per heavy atom. The molecular formula is C18H16N4OS. The van der Waals surface area contributed by atoms with Crippen LogP contribution in [0.5, 0.6) is 0 Å². The van der Waals surface area contributed by atoms with Crippen molar-refractivity contribution in [2.75, 3.05) is 0 Å². The van der Waals surface area contributed by atoms with Gasteiger partial charge >= 0.3 is 0 Å². The van der Waals surface area contributed by atoms with Crippen molar-refractivity contribution in [2.24, 2.45) is 0 Å². The molecule has 1 aromatic carbocycles. The van der Waals surface area contributed by atoms with Gasteiger partial charge in [0.2, 0.25) is 5.89 Å². The van der Waals surface area contributed by atoms with Crippen LogP contribution in [0, 0.1) is 39.0 Å². The van der Waals surface area contributed by atoms with Gasteiger partial charge in [-0.2, -0.15) is 5.26 Å². The Hall–Kier alpha value is -2.65. The number of hydrogen-bond acceptors (Lipinski definition) is 6. The van der Waals surface area contributed by atoms with Crippen molar-refractivity contribution < 1.29 is 4.42 Å². The SMILES string of the molecule is Cc1cc(C)cc(-c2nnc(Sc3cc(C)nc(C)c3C#N)o2)c1. The molecule has 3 aromatic rings. The zero-order valence-electron chi connectivity index (χ0n) is 13.9. The normalized spacial score (nSPS) is 10.6. The molecule has 0 N–H and O–H groups in total. The molecule has 5 nitrogen and oxygen atoms in total. The maximum Gasteiger partial charge on any atom is 0.281 e. The Morgan fingerprint density at radius 2 is 1.71 bits per heavy atom. The largest absolute Gasteiger partial charge is 0.411 e. The van der Waals surface area contributed by atoms with E-state index in [9.17, 15) is 5.26 Å². The maximum absolute atomic E-state index is 9.34. The van der Waals surface area contributed by atoms with Crippen LogP contribution in [0.2, 0.25) is 0 Å². The number of nitriles is 1. The van der Waals surface area contributed by atoms with Crippen molar-refractivity contribution in [3.05, 3.63) is 52.3 Å². The fourth-order valence-corrected chi connectivity index (χ4v) is 3.48. The van der Waals surface area contributed by atoms with E-state index in [1.165, 1.54) is 11.8 Å². The summed E-state index contributed by atoms with van der Waals surface area (Å²) in [5, 5.41) is 18.0. The van der Waals surface area contributed by atoms with Crippen LogP contribution in [-0.4, -0.2) is 15.2 Å². The number of benzene rings is 1. The molecule has 0 saturated heterocycles. The lowest BCUT2D eigenvalue weighted by molar-refractivity contribution is 0.466. The molecule has 0 atom stereocenters. The average Bonchev–Trinajstić information content (AvgIpc) is 2.94. The van der Waals surface area contributed by atoms with Crippen LogP contribution in [0.4, 0.5) is 0 Å². The quantitative estimate of drug-likeness (QED) is 0.706. The molecule has 2 aromatic heterocycles. The van der Waals surface area contributed by atoms with Gasteiger partial charge in [0.15, 0.2) is 0 Å². The molecular weight excluding hydrogens is 320 g/mol. The molecule has 0 amide bonds. The molecule has 0 saturated carbocycles. The van der Waals surface area contributed by atoms with Gasteiger partial charge in [0.05, 0.1) is 11.3 Å². The molecule has 6 heteroatoms. The Balaban J connectivity index is 1.94. The van der Waals surface area contributed by atoms with Crippen LogP contribution >= 0.6 is 11.8 Å². The lowest BCUT2D eigenvalue weighted by Crippen LogP contribution is -1.94. The summed E-state index contributed by atoms with van der Waals surface area (Å²) in [6.07, 6.45) is 0. The third-order valence-electron chi connectivity index (χ3n) is 3.48. The van der Waals surface area contributed by atoms with Crippen molar-refractivity contribution >= 4 is 11.8 Å². The molecule has 2 heterocycles. The molecule has 3 rings (SSSR count). The van der Waals surface area contributed by atoms with E-state index in [4.69, 9.17) is 4.42 Å². The van der Waals surface area contributed by atoms with Gasteiger partial charge in [-0.15, -0.1) is 10.2 Å². The van der Waals surface area contributed by atoms with Crippen molar-refractivity contribution in [1.29, 1.82) is 5.26 Å². The third kappa shape index (κ3) is 3.31. The van der Waals surface area contributed by atoms with E-state index >= 15 is 0 Å². The minimum Gasteiger partial charge on any atom is -0.411 e. The molecule has 0 radical (unpaired) electrons. The van der Waals surface area contributed by atoms with Crippen LogP contribution in [0.1, 0.15) is 28.1 Å². The second kappa shape index (κ2) is 6.46. The van der Waals surface area contributed by atoms with Crippen LogP contribution < -0.4 is 0 Å². The second-order valence-electron chi connectivity index (χ2n) is 5.69. The second-order valence-corrected chi connectivity index (χ2v) is 6.68. The summed E-state index contributed by atoms with van der Waals surface area (Å²) in [4.78, 5) is 5.09. The van der Waals surface area contributed by atoms with E-state index in [0.29, 0.717) is 22.4 Å². The van der Waals surface area contributed by atoms with E-state index < -0.39 is 0 Å². The minimum atomic E-state index is 0.408. The van der Waals surface area contributed by atoms with Crippen molar-refractivity contribution in [3.63, 3.8) is 0 Å². The average molecular weight is 336 g/mol. The summed E-state index contributed by atoms with van der Waals surface area (Å²) in [7, 11) is 0. The van der Waals surface area contributed by atoms with E-state index in [1.54, 1.807) is 0 Å². The fraction of sp³-hybridized carbons (Fsp3) is 0.222. The first-order valence-electron chi connectivity index (χ1n) is 7.44. The smallest absolute Gasteiger partial charge is 0.281 e. The van der Waals surface area contributed by atoms with E-state index in [2.05, 4.69) is 27.3 Å². The van der Waals surface area contributed by atoms with E-state index in [-0.39, 0.29) is 0 Å². The summed E-state index contributed by atoms with van der Waals surface area (Å²) >= 11 is 1.29. The molecule has 24 heavy (non-hydrogen) atoms. The molecule has 0 aliphatic heterocycles. The van der Waals surface area contributed by atoms with Gasteiger partial charge in [-0.25, -0.2) is 0 Å². The number of pyridine rings is 1. The van der Waals surface area contributed by atoms with Gasteiger partial charge < -0.3 is 4.42 Å². The van der Waals surface area contributed by atoms with E-state index in [0.717, 1.165) is 27.3 Å². The zero-order chi connectivity index (χ0) is 17.3. The fourth-order valence-electron chi connectivity index (χ4n) is 2.57. The Kier molecular flexibility index (Phi) is 4.36. The minimum absolute atomic E-state index is 0.408. The molecule has 0 aliphatic rings. The third-order valence-corrected chi connectivity index (χ3v) is 4.36. The zero-order valence-corrected chi connectivity index (χ0v) is 14.7. The van der Waals surface area contributed by atoms with Gasteiger partial charge in [-0.05, 0) is 57.7 Å². The van der Waals surface area contributed by atoms with Crippen LogP contribution in [0.3, 0.4) is 0 Å². The molecule has 0 spiro atoms. The first kappa shape index (κ1) is 16.2. The van der Waals surface area contributed by atoms with Crippen molar-refractivity contribution in [2.45, 2.75) is 37.8 Å². The molecule has 0 unspecified atom stereocenters. The standard InChI is InChI=1S/C18H16N4OS/c1-10-5-11(2)7-14(6-10)17-21-22-18(23-17)24-16-8-12(3)20-13(4)15(16)9-19/h5-8H,1-4H3. The van der Waals surface area contributed by atoms with Gasteiger partial charge in [0, 0.05) is 16.2 Å². The monoisotopic (exact) mass is 336 g/mol. The number of hydrogen-bond donors (Lipinski definition) is 0. The van der Waals surface area contributed by atoms with Crippen molar-refractivity contribution in [1.82, 2.24) is 15.2 Å². The Bertz CT molecular complexity index is 936. The molecule has 0 fully saturated rings. The topological polar surface area (TPSA) is 75.6 Å².